The maximum Gasteiger partial charge on any atom is 0.127 e. The molecule has 24 heavy (non-hydrogen) atoms. The van der Waals surface area contributed by atoms with E-state index in [-0.39, 0.29) is 5.82 Å². The second-order valence-corrected chi connectivity index (χ2v) is 7.38. The Morgan fingerprint density at radius 1 is 1.08 bits per heavy atom. The summed E-state index contributed by atoms with van der Waals surface area (Å²) in [5.74, 6) is 1.30. The van der Waals surface area contributed by atoms with E-state index in [1.54, 1.807) is 6.07 Å². The molecule has 0 atom stereocenters. The highest BCUT2D eigenvalue weighted by Crippen LogP contribution is 2.31. The fraction of sp³-hybridized carbons (Fsp3) is 0.565. The molecule has 2 rings (SSSR count). The first kappa shape index (κ1) is 19.0. The van der Waals surface area contributed by atoms with Gasteiger partial charge in [-0.3, -0.25) is 0 Å². The Hall–Kier alpha value is -1.37. The molecule has 0 unspecified atom stereocenters. The van der Waals surface area contributed by atoms with Crippen LogP contribution in [0.1, 0.15) is 75.0 Å². The van der Waals surface area contributed by atoms with E-state index in [0.717, 1.165) is 24.0 Å². The number of aryl methyl sites for hydroxylation is 2. The van der Waals surface area contributed by atoms with Crippen molar-refractivity contribution in [3.63, 3.8) is 0 Å². The van der Waals surface area contributed by atoms with Crippen LogP contribution in [0.4, 0.5) is 4.39 Å². The van der Waals surface area contributed by atoms with Crippen LogP contribution < -0.4 is 0 Å². The zero-order valence-electron chi connectivity index (χ0n) is 15.5. The van der Waals surface area contributed by atoms with Gasteiger partial charge in [0.25, 0.3) is 0 Å². The SMILES string of the molecule is C=CC1CCC(C=Cc2cc(F)c(CCCCCC)cc2C)CC1. The summed E-state index contributed by atoms with van der Waals surface area (Å²) in [6.45, 7) is 8.21. The normalized spacial score (nSPS) is 21.3. The van der Waals surface area contributed by atoms with Gasteiger partial charge < -0.3 is 0 Å². The summed E-state index contributed by atoms with van der Waals surface area (Å²) >= 11 is 0. The van der Waals surface area contributed by atoms with Gasteiger partial charge >= 0.3 is 0 Å². The molecule has 0 nitrogen and oxygen atoms in total. The topological polar surface area (TPSA) is 0 Å². The zero-order valence-corrected chi connectivity index (χ0v) is 15.5. The summed E-state index contributed by atoms with van der Waals surface area (Å²) in [5, 5.41) is 0. The Bertz CT molecular complexity index is 547. The van der Waals surface area contributed by atoms with Crippen molar-refractivity contribution >= 4 is 6.08 Å². The van der Waals surface area contributed by atoms with Crippen molar-refractivity contribution in [3.05, 3.63) is 53.4 Å². The third-order valence-electron chi connectivity index (χ3n) is 5.43. The summed E-state index contributed by atoms with van der Waals surface area (Å²) in [7, 11) is 0. The Balaban J connectivity index is 1.94. The Morgan fingerprint density at radius 3 is 2.46 bits per heavy atom. The monoisotopic (exact) mass is 328 g/mol. The number of allylic oxidation sites excluding steroid dienone is 2. The molecule has 1 heteroatoms. The van der Waals surface area contributed by atoms with Crippen molar-refractivity contribution in [3.8, 4) is 0 Å². The van der Waals surface area contributed by atoms with Gasteiger partial charge in [-0.2, -0.15) is 0 Å². The molecule has 0 aliphatic heterocycles. The van der Waals surface area contributed by atoms with Crippen LogP contribution in [0.2, 0.25) is 0 Å². The molecule has 1 aliphatic carbocycles. The van der Waals surface area contributed by atoms with Crippen LogP contribution >= 0.6 is 0 Å². The Labute approximate surface area is 147 Å². The number of benzene rings is 1. The van der Waals surface area contributed by atoms with Gasteiger partial charge in [-0.25, -0.2) is 4.39 Å². The van der Waals surface area contributed by atoms with E-state index in [2.05, 4.69) is 44.7 Å². The van der Waals surface area contributed by atoms with E-state index >= 15 is 0 Å². The molecule has 1 aliphatic rings. The smallest absolute Gasteiger partial charge is 0.127 e. The molecule has 0 amide bonds. The largest absolute Gasteiger partial charge is 0.207 e. The predicted octanol–water partition coefficient (Wildman–Crippen LogP) is 7.26. The molecule has 132 valence electrons. The van der Waals surface area contributed by atoms with Gasteiger partial charge in [0.05, 0.1) is 0 Å². The van der Waals surface area contributed by atoms with Gasteiger partial charge in [0.1, 0.15) is 5.82 Å². The van der Waals surface area contributed by atoms with Crippen LogP contribution in [0, 0.1) is 24.6 Å². The van der Waals surface area contributed by atoms with Crippen molar-refractivity contribution in [1.82, 2.24) is 0 Å². The predicted molar refractivity (Wildman–Crippen MR) is 104 cm³/mol. The van der Waals surface area contributed by atoms with Crippen LogP contribution in [-0.4, -0.2) is 0 Å². The first-order valence-corrected chi connectivity index (χ1v) is 9.73. The van der Waals surface area contributed by atoms with Gasteiger partial charge in [0.15, 0.2) is 0 Å². The summed E-state index contributed by atoms with van der Waals surface area (Å²) < 4.78 is 14.4. The standard InChI is InChI=1S/C23H33F/c1-4-6-7-8-9-22-16-18(3)21(17-23(22)24)15-14-20-12-10-19(5-2)11-13-20/h5,14-17,19-20H,2,4,6-13H2,1,3H3. The first-order valence-electron chi connectivity index (χ1n) is 9.73. The van der Waals surface area contributed by atoms with Crippen LogP contribution in [0.3, 0.4) is 0 Å². The third kappa shape index (κ3) is 5.61. The molecule has 0 saturated heterocycles. The lowest BCUT2D eigenvalue weighted by Gasteiger charge is -2.24. The van der Waals surface area contributed by atoms with E-state index in [0.29, 0.717) is 11.8 Å². The van der Waals surface area contributed by atoms with E-state index in [1.807, 2.05) is 0 Å². The highest BCUT2D eigenvalue weighted by Gasteiger charge is 2.17. The average Bonchev–Trinajstić information content (AvgIpc) is 2.60. The molecule has 0 heterocycles. The molecule has 0 aromatic heterocycles. The Morgan fingerprint density at radius 2 is 1.79 bits per heavy atom. The molecule has 0 N–H and O–H groups in total. The summed E-state index contributed by atoms with van der Waals surface area (Å²) in [5.41, 5.74) is 3.11. The second-order valence-electron chi connectivity index (χ2n) is 7.38. The van der Waals surface area contributed by atoms with Gasteiger partial charge in [0, 0.05) is 0 Å². The maximum absolute atomic E-state index is 14.4. The van der Waals surface area contributed by atoms with Crippen LogP contribution in [-0.2, 0) is 6.42 Å². The van der Waals surface area contributed by atoms with Crippen LogP contribution in [0.15, 0.2) is 30.9 Å². The van der Waals surface area contributed by atoms with Gasteiger partial charge in [-0.1, -0.05) is 50.5 Å². The lowest BCUT2D eigenvalue weighted by atomic mass is 9.82. The van der Waals surface area contributed by atoms with Crippen molar-refractivity contribution < 1.29 is 4.39 Å². The molecule has 1 saturated carbocycles. The number of hydrogen-bond donors (Lipinski definition) is 0. The summed E-state index contributed by atoms with van der Waals surface area (Å²) in [6, 6.07) is 3.78. The molecule has 1 fully saturated rings. The number of halogens is 1. The average molecular weight is 329 g/mol. The minimum Gasteiger partial charge on any atom is -0.207 e. The summed E-state index contributed by atoms with van der Waals surface area (Å²) in [4.78, 5) is 0. The van der Waals surface area contributed by atoms with E-state index in [9.17, 15) is 4.39 Å². The van der Waals surface area contributed by atoms with Gasteiger partial charge in [0.2, 0.25) is 0 Å². The molecular formula is C23H33F. The van der Waals surface area contributed by atoms with E-state index < -0.39 is 0 Å². The minimum absolute atomic E-state index is 0.0351. The number of unbranched alkanes of at least 4 members (excludes halogenated alkanes) is 3. The van der Waals surface area contributed by atoms with Gasteiger partial charge in [-0.15, -0.1) is 6.58 Å². The van der Waals surface area contributed by atoms with Crippen molar-refractivity contribution in [1.29, 1.82) is 0 Å². The van der Waals surface area contributed by atoms with Gasteiger partial charge in [-0.05, 0) is 80.0 Å². The molecule has 1 aromatic carbocycles. The first-order chi connectivity index (χ1) is 11.6. The molecule has 1 aromatic rings. The minimum atomic E-state index is -0.0351. The zero-order chi connectivity index (χ0) is 17.4. The fourth-order valence-corrected chi connectivity index (χ4v) is 3.68. The number of rotatable bonds is 8. The Kier molecular flexibility index (Phi) is 7.75. The van der Waals surface area contributed by atoms with Crippen LogP contribution in [0.25, 0.3) is 6.08 Å². The fourth-order valence-electron chi connectivity index (χ4n) is 3.68. The van der Waals surface area contributed by atoms with Crippen LogP contribution in [0.5, 0.6) is 0 Å². The molecule has 0 spiro atoms. The van der Waals surface area contributed by atoms with E-state index in [4.69, 9.17) is 0 Å². The second kappa shape index (κ2) is 9.81. The lowest BCUT2D eigenvalue weighted by molar-refractivity contribution is 0.357. The molecule has 0 bridgehead atoms. The molecule has 0 radical (unpaired) electrons. The lowest BCUT2D eigenvalue weighted by Crippen LogP contribution is -2.10. The highest BCUT2D eigenvalue weighted by atomic mass is 19.1. The van der Waals surface area contributed by atoms with Crippen molar-refractivity contribution in [2.24, 2.45) is 11.8 Å². The van der Waals surface area contributed by atoms with Crippen molar-refractivity contribution in [2.75, 3.05) is 0 Å². The number of hydrogen-bond acceptors (Lipinski definition) is 0. The quantitative estimate of drug-likeness (QED) is 0.348. The van der Waals surface area contributed by atoms with E-state index in [1.165, 1.54) is 50.5 Å². The maximum atomic E-state index is 14.4. The highest BCUT2D eigenvalue weighted by molar-refractivity contribution is 5.55. The molecular weight excluding hydrogens is 295 g/mol. The third-order valence-corrected chi connectivity index (χ3v) is 5.43. The summed E-state index contributed by atoms with van der Waals surface area (Å²) in [6.07, 6.45) is 17.1. The van der Waals surface area contributed by atoms with Crippen molar-refractivity contribution in [2.45, 2.75) is 71.6 Å².